The molecule has 0 amide bonds. The molecular formula is C91H111Cl2F3O3S2. The minimum Gasteiger partial charge on any atom is -0.497 e. The van der Waals surface area contributed by atoms with E-state index in [1.807, 2.05) is 79.3 Å². The number of rotatable bonds is 11. The van der Waals surface area contributed by atoms with Crippen molar-refractivity contribution in [3.05, 3.63) is 366 Å². The third-order valence-electron chi connectivity index (χ3n) is 14.4. The fourth-order valence-electron chi connectivity index (χ4n) is 8.13. The second kappa shape index (κ2) is 55.6. The SMILES string of the molecule is CCCc1ccc(C)cc1.CCc1ccc(C)cc1.CCc1cccc(C)c1.COc1ccc(C)cc1.COc1ccc(Cl)cc1.CSCCc1ccccc1.CSc1ccc(C)cc1.Cc1ccc(C)cc1.Cc1ccc(C)cc1.Cc1ccc(Cl)cc1.Cc1ccc(OC(F)(F)F)cc1. The van der Waals surface area contributed by atoms with Crippen molar-refractivity contribution in [1.29, 1.82) is 0 Å². The summed E-state index contributed by atoms with van der Waals surface area (Å²) in [6.45, 7) is 29.3. The van der Waals surface area contributed by atoms with Gasteiger partial charge in [0.15, 0.2) is 0 Å². The van der Waals surface area contributed by atoms with Gasteiger partial charge in [-0.15, -0.1) is 24.9 Å². The summed E-state index contributed by atoms with van der Waals surface area (Å²) in [4.78, 5) is 1.33. The molecule has 101 heavy (non-hydrogen) atoms. The molecule has 0 fully saturated rings. The van der Waals surface area contributed by atoms with Gasteiger partial charge in [-0.2, -0.15) is 11.8 Å². The van der Waals surface area contributed by atoms with Crippen molar-refractivity contribution in [2.75, 3.05) is 32.5 Å². The number of thioether (sulfide) groups is 2. The molecule has 0 heterocycles. The molecule has 0 saturated carbocycles. The summed E-state index contributed by atoms with van der Waals surface area (Å²) in [6, 6.07) is 90.7. The van der Waals surface area contributed by atoms with Gasteiger partial charge in [-0.3, -0.25) is 0 Å². The van der Waals surface area contributed by atoms with Crippen LogP contribution in [0.15, 0.2) is 278 Å². The Balaban J connectivity index is 0.000000556. The van der Waals surface area contributed by atoms with Crippen LogP contribution in [0.1, 0.15) is 111 Å². The molecule has 10 heteroatoms. The van der Waals surface area contributed by atoms with Crippen LogP contribution < -0.4 is 14.2 Å². The Morgan fingerprint density at radius 2 is 0.614 bits per heavy atom. The highest BCUT2D eigenvalue weighted by Crippen LogP contribution is 2.23. The molecule has 0 saturated heterocycles. The number of alkyl halides is 3. The van der Waals surface area contributed by atoms with Crippen LogP contribution in [0.4, 0.5) is 13.2 Å². The van der Waals surface area contributed by atoms with E-state index in [0.29, 0.717) is 0 Å². The van der Waals surface area contributed by atoms with E-state index in [2.05, 4.69) is 276 Å². The normalized spacial score (nSPS) is 9.65. The largest absolute Gasteiger partial charge is 0.573 e. The predicted octanol–water partition coefficient (Wildman–Crippen LogP) is 27.9. The Bertz CT molecular complexity index is 3410. The molecule has 3 nitrogen and oxygen atoms in total. The summed E-state index contributed by atoms with van der Waals surface area (Å²) in [5.41, 5.74) is 19.8. The molecule has 11 rings (SSSR count). The van der Waals surface area contributed by atoms with Gasteiger partial charge in [0.25, 0.3) is 0 Å². The van der Waals surface area contributed by atoms with E-state index in [4.69, 9.17) is 32.7 Å². The highest BCUT2D eigenvalue weighted by Gasteiger charge is 2.30. The van der Waals surface area contributed by atoms with Gasteiger partial charge in [0, 0.05) is 14.9 Å². The number of ether oxygens (including phenoxy) is 3. The molecule has 0 N–H and O–H groups in total. The van der Waals surface area contributed by atoms with E-state index >= 15 is 0 Å². The molecule has 0 radical (unpaired) electrons. The van der Waals surface area contributed by atoms with Gasteiger partial charge in [0.2, 0.25) is 0 Å². The van der Waals surface area contributed by atoms with E-state index in [-0.39, 0.29) is 5.75 Å². The Morgan fingerprint density at radius 3 is 0.921 bits per heavy atom. The van der Waals surface area contributed by atoms with Crippen LogP contribution in [-0.4, -0.2) is 38.8 Å². The monoisotopic (exact) mass is 1440 g/mol. The van der Waals surface area contributed by atoms with Crippen molar-refractivity contribution >= 4 is 46.7 Å². The summed E-state index contributed by atoms with van der Waals surface area (Å²) in [6.07, 6.45) is 5.55. The van der Waals surface area contributed by atoms with E-state index in [9.17, 15) is 13.2 Å². The second-order valence-electron chi connectivity index (χ2n) is 23.8. The smallest absolute Gasteiger partial charge is 0.497 e. The van der Waals surface area contributed by atoms with Gasteiger partial charge in [0.05, 0.1) is 14.2 Å². The Labute approximate surface area is 626 Å². The van der Waals surface area contributed by atoms with Gasteiger partial charge in [0.1, 0.15) is 17.2 Å². The first-order chi connectivity index (χ1) is 48.2. The van der Waals surface area contributed by atoms with Gasteiger partial charge in [-0.1, -0.05) is 312 Å². The molecule has 11 aromatic rings. The maximum absolute atomic E-state index is 11.6. The Morgan fingerprint density at radius 1 is 0.317 bits per heavy atom. The third kappa shape index (κ3) is 50.0. The highest BCUT2D eigenvalue weighted by molar-refractivity contribution is 7.98. The van der Waals surface area contributed by atoms with E-state index in [0.717, 1.165) is 39.9 Å². The first-order valence-corrected chi connectivity index (χ1v) is 37.4. The van der Waals surface area contributed by atoms with Crippen molar-refractivity contribution in [1.82, 2.24) is 0 Å². The maximum atomic E-state index is 11.6. The van der Waals surface area contributed by atoms with Gasteiger partial charge < -0.3 is 14.2 Å². The van der Waals surface area contributed by atoms with E-state index in [1.165, 1.54) is 120 Å². The fraction of sp³-hybridized carbons (Fsp3) is 0.275. The number of benzene rings is 11. The summed E-state index contributed by atoms with van der Waals surface area (Å²) in [5.74, 6) is 2.79. The number of aryl methyl sites for hydroxylation is 15. The van der Waals surface area contributed by atoms with E-state index < -0.39 is 6.36 Å². The van der Waals surface area contributed by atoms with Crippen LogP contribution in [0.25, 0.3) is 0 Å². The fourth-order valence-corrected chi connectivity index (χ4v) is 9.23. The first-order valence-electron chi connectivity index (χ1n) is 34.0. The van der Waals surface area contributed by atoms with E-state index in [1.54, 1.807) is 57.2 Å². The summed E-state index contributed by atoms with van der Waals surface area (Å²) in [7, 11) is 3.30. The maximum Gasteiger partial charge on any atom is 0.573 e. The lowest BCUT2D eigenvalue weighted by Crippen LogP contribution is -2.16. The molecule has 0 aliphatic carbocycles. The van der Waals surface area contributed by atoms with Crippen LogP contribution in [0, 0.1) is 76.2 Å². The van der Waals surface area contributed by atoms with Crippen LogP contribution >= 0.6 is 46.7 Å². The molecule has 0 bridgehead atoms. The third-order valence-corrected chi connectivity index (χ3v) is 16.2. The van der Waals surface area contributed by atoms with Crippen LogP contribution in [0.2, 0.25) is 10.0 Å². The second-order valence-corrected chi connectivity index (χ2v) is 26.5. The van der Waals surface area contributed by atoms with Crippen molar-refractivity contribution in [2.45, 2.75) is 140 Å². The molecule has 0 unspecified atom stereocenters. The van der Waals surface area contributed by atoms with Crippen molar-refractivity contribution in [3.8, 4) is 17.2 Å². The lowest BCUT2D eigenvalue weighted by atomic mass is 10.1. The lowest BCUT2D eigenvalue weighted by molar-refractivity contribution is -0.274. The molecular weight excluding hydrogens is 1330 g/mol. The molecule has 540 valence electrons. The van der Waals surface area contributed by atoms with Gasteiger partial charge in [-0.25, -0.2) is 0 Å². The quantitative estimate of drug-likeness (QED) is 0.120. The highest BCUT2D eigenvalue weighted by atomic mass is 35.5. The standard InChI is InChI=1S/C10H14.C9H12S.2C9H12.C8H7F3O.C8H10O.C8H10S.2C8H10.C7H7ClO.C7H7Cl/c1-3-4-10-7-5-9(2)6-8-10;1-10-8-7-9-5-3-2-4-6-9;1-3-9-6-4-8(2)5-7-9;1-3-9-6-4-5-8(2)7-9;1-6-2-4-7(5-3-6)12-8(9,10)11;2*1-7-3-5-8(9-2)6-4-7;2*1-7-3-5-8(2)6-4-7;1-9-7-4-2-6(8)3-5-7;1-6-2-4-7(8)5-3-6/h5-8H,3-4H2,1-2H3;2-6H,7-8H2,1H3;2*4-7H,3H2,1-2H3;2-5H,1H3;2*3-6H,1-2H3;2*3-6H,1-2H3;2-5H,1H3;2-5H,1H3. The van der Waals surface area contributed by atoms with Gasteiger partial charge in [-0.05, 0) is 215 Å². The zero-order valence-electron chi connectivity index (χ0n) is 63.2. The summed E-state index contributed by atoms with van der Waals surface area (Å²) in [5, 5.41) is 1.53. The average molecular weight is 1440 g/mol. The van der Waals surface area contributed by atoms with Crippen molar-refractivity contribution in [2.24, 2.45) is 0 Å². The minimum absolute atomic E-state index is 0.187. The molecule has 0 spiro atoms. The van der Waals surface area contributed by atoms with Crippen LogP contribution in [0.3, 0.4) is 0 Å². The average Bonchev–Trinajstić information content (AvgIpc) is 1.06. The zero-order chi connectivity index (χ0) is 75.2. The lowest BCUT2D eigenvalue weighted by Gasteiger charge is -2.08. The number of halogens is 5. The number of hydrogen-bond acceptors (Lipinski definition) is 5. The van der Waals surface area contributed by atoms with Gasteiger partial charge >= 0.3 is 6.36 Å². The molecule has 0 aliphatic rings. The Hall–Kier alpha value is -8.11. The van der Waals surface area contributed by atoms with Crippen molar-refractivity contribution in [3.63, 3.8) is 0 Å². The topological polar surface area (TPSA) is 27.7 Å². The van der Waals surface area contributed by atoms with Crippen molar-refractivity contribution < 1.29 is 27.4 Å². The predicted molar refractivity (Wildman–Crippen MR) is 439 cm³/mol. The molecule has 0 aliphatic heterocycles. The Kier molecular flexibility index (Phi) is 50.0. The molecule has 0 atom stereocenters. The zero-order valence-corrected chi connectivity index (χ0v) is 66.3. The van der Waals surface area contributed by atoms with Crippen LogP contribution in [-0.2, 0) is 25.7 Å². The summed E-state index contributed by atoms with van der Waals surface area (Å²) >= 11 is 14.9. The summed E-state index contributed by atoms with van der Waals surface area (Å²) < 4.78 is 48.4. The number of hydrogen-bond donors (Lipinski definition) is 0. The van der Waals surface area contributed by atoms with Crippen LogP contribution in [0.5, 0.6) is 17.2 Å². The number of methoxy groups -OCH3 is 2. The first kappa shape index (κ1) is 90.9. The molecule has 0 aromatic heterocycles. The molecule has 11 aromatic carbocycles. The minimum atomic E-state index is -4.60.